The number of carbonyl (C=O) groups is 1. The Balaban J connectivity index is 0.00000208. The first kappa shape index (κ1) is 37.9. The number of nitrogens with zero attached hydrogens (tertiary/aromatic N) is 3. The van der Waals surface area contributed by atoms with Gasteiger partial charge < -0.3 is 26.3 Å². The number of benzene rings is 5. The Labute approximate surface area is 299 Å². The van der Waals surface area contributed by atoms with Gasteiger partial charge in [0, 0.05) is 37.0 Å². The number of amidine groups is 1. The summed E-state index contributed by atoms with van der Waals surface area (Å²) in [6.07, 6.45) is 1.57. The molecule has 1 aromatic heterocycles. The SMILES string of the molecule is Cl.Cl.Cl.Cn1c(CCc2ccc(C(=N)N)cc2)nc2cc(N(Cc3cccc4ccccc34)C(=O)CNCc3cccc(N)c3)ccc21. The minimum absolute atomic E-state index is 0. The van der Waals surface area contributed by atoms with Gasteiger partial charge in [-0.2, -0.15) is 0 Å². The molecule has 0 aliphatic rings. The fraction of sp³-hybridized carbons (Fsp3) is 0.162. The fourth-order valence-electron chi connectivity index (χ4n) is 5.77. The topological polar surface area (TPSA) is 126 Å². The van der Waals surface area contributed by atoms with E-state index >= 15 is 0 Å². The molecule has 0 unspecified atom stereocenters. The molecule has 48 heavy (non-hydrogen) atoms. The number of imidazole rings is 1. The van der Waals surface area contributed by atoms with Crippen LogP contribution in [0.5, 0.6) is 0 Å². The van der Waals surface area contributed by atoms with Crippen molar-refractivity contribution in [3.63, 3.8) is 0 Å². The summed E-state index contributed by atoms with van der Waals surface area (Å²) in [5.74, 6) is 1.00. The van der Waals surface area contributed by atoms with Crippen LogP contribution in [0.25, 0.3) is 21.8 Å². The highest BCUT2D eigenvalue weighted by Crippen LogP contribution is 2.27. The number of amides is 1. The minimum Gasteiger partial charge on any atom is -0.399 e. The van der Waals surface area contributed by atoms with Crippen molar-refractivity contribution in [3.8, 4) is 0 Å². The first-order valence-corrected chi connectivity index (χ1v) is 15.1. The molecule has 0 aliphatic carbocycles. The molecule has 250 valence electrons. The zero-order valence-corrected chi connectivity index (χ0v) is 29.0. The maximum Gasteiger partial charge on any atom is 0.241 e. The number of anilines is 2. The van der Waals surface area contributed by atoms with Crippen molar-refractivity contribution in [2.24, 2.45) is 12.8 Å². The maximum absolute atomic E-state index is 13.9. The number of nitrogen functional groups attached to an aromatic ring is 2. The lowest BCUT2D eigenvalue weighted by Crippen LogP contribution is -2.37. The van der Waals surface area contributed by atoms with E-state index in [2.05, 4.69) is 34.1 Å². The molecule has 6 aromatic rings. The number of halogens is 3. The largest absolute Gasteiger partial charge is 0.399 e. The highest BCUT2D eigenvalue weighted by atomic mass is 35.5. The van der Waals surface area contributed by atoms with Crippen molar-refractivity contribution in [2.75, 3.05) is 17.2 Å². The summed E-state index contributed by atoms with van der Waals surface area (Å²) in [5, 5.41) is 13.2. The molecule has 0 saturated carbocycles. The summed E-state index contributed by atoms with van der Waals surface area (Å²) >= 11 is 0. The third kappa shape index (κ3) is 8.65. The molecular formula is C37H40Cl3N7O. The number of aryl methyl sites for hydroxylation is 3. The van der Waals surface area contributed by atoms with E-state index in [-0.39, 0.29) is 55.5 Å². The van der Waals surface area contributed by atoms with Crippen LogP contribution >= 0.6 is 37.2 Å². The molecule has 8 nitrogen and oxygen atoms in total. The number of nitrogens with two attached hydrogens (primary N) is 2. The third-order valence-electron chi connectivity index (χ3n) is 8.24. The Morgan fingerprint density at radius 1 is 0.854 bits per heavy atom. The van der Waals surface area contributed by atoms with Gasteiger partial charge in [0.15, 0.2) is 0 Å². The van der Waals surface area contributed by atoms with Crippen LogP contribution in [0.3, 0.4) is 0 Å². The van der Waals surface area contributed by atoms with Crippen molar-refractivity contribution >= 4 is 82.1 Å². The van der Waals surface area contributed by atoms with Crippen LogP contribution in [-0.4, -0.2) is 27.8 Å². The lowest BCUT2D eigenvalue weighted by molar-refractivity contribution is -0.118. The van der Waals surface area contributed by atoms with Crippen molar-refractivity contribution in [1.82, 2.24) is 14.9 Å². The van der Waals surface area contributed by atoms with E-state index < -0.39 is 0 Å². The molecule has 6 rings (SSSR count). The molecule has 0 bridgehead atoms. The fourth-order valence-corrected chi connectivity index (χ4v) is 5.77. The summed E-state index contributed by atoms with van der Waals surface area (Å²) in [5.41, 5.74) is 18.9. The smallest absolute Gasteiger partial charge is 0.241 e. The third-order valence-corrected chi connectivity index (χ3v) is 8.24. The van der Waals surface area contributed by atoms with Crippen LogP contribution in [0.1, 0.15) is 28.1 Å². The van der Waals surface area contributed by atoms with Crippen molar-refractivity contribution in [1.29, 1.82) is 5.41 Å². The number of carbonyl (C=O) groups excluding carboxylic acids is 1. The monoisotopic (exact) mass is 703 g/mol. The van der Waals surface area contributed by atoms with Crippen LogP contribution in [-0.2, 0) is 37.8 Å². The normalized spacial score (nSPS) is 10.5. The summed E-state index contributed by atoms with van der Waals surface area (Å²) < 4.78 is 2.12. The van der Waals surface area contributed by atoms with E-state index in [9.17, 15) is 4.79 Å². The summed E-state index contributed by atoms with van der Waals surface area (Å²) in [6.45, 7) is 1.15. The Kier molecular flexibility index (Phi) is 13.4. The maximum atomic E-state index is 13.9. The van der Waals surface area contributed by atoms with Gasteiger partial charge in [0.05, 0.1) is 24.1 Å². The average Bonchev–Trinajstić information content (AvgIpc) is 3.37. The van der Waals surface area contributed by atoms with Gasteiger partial charge in [-0.25, -0.2) is 4.98 Å². The molecule has 0 spiro atoms. The van der Waals surface area contributed by atoms with Gasteiger partial charge in [-0.1, -0.05) is 78.9 Å². The highest BCUT2D eigenvalue weighted by molar-refractivity contribution is 5.98. The molecule has 0 fully saturated rings. The van der Waals surface area contributed by atoms with E-state index in [4.69, 9.17) is 21.9 Å². The lowest BCUT2D eigenvalue weighted by atomic mass is 10.0. The molecule has 11 heteroatoms. The molecule has 0 aliphatic heterocycles. The zero-order valence-electron chi connectivity index (χ0n) is 26.6. The number of aromatic nitrogens is 2. The van der Waals surface area contributed by atoms with Crippen LogP contribution in [0.15, 0.2) is 109 Å². The standard InChI is InChI=1S/C37H37N7O.3ClH/c1-43-34-18-17-31(21-33(34)42-35(43)19-14-25-12-15-28(16-13-25)37(39)40)44(24-29-9-5-8-27-7-2-3-11-32(27)29)36(45)23-41-22-26-6-4-10-30(38)20-26;;;/h2-13,15-18,20-21,41H,14,19,22-24,38H2,1H3,(H3,39,40);3*1H. The molecular weight excluding hydrogens is 665 g/mol. The van der Waals surface area contributed by atoms with Gasteiger partial charge in [-0.05, 0) is 64.2 Å². The number of hydrogen-bond donors (Lipinski definition) is 4. The lowest BCUT2D eigenvalue weighted by Gasteiger charge is -2.24. The predicted octanol–water partition coefficient (Wildman–Crippen LogP) is 6.97. The Hall–Kier alpha value is -4.60. The second-order valence-corrected chi connectivity index (χ2v) is 11.3. The van der Waals surface area contributed by atoms with Crippen LogP contribution in [0.4, 0.5) is 11.4 Å². The first-order valence-electron chi connectivity index (χ1n) is 15.1. The second-order valence-electron chi connectivity index (χ2n) is 11.3. The number of fused-ring (bicyclic) bond motifs is 2. The number of hydrogen-bond acceptors (Lipinski definition) is 5. The second kappa shape index (κ2) is 17.0. The Bertz CT molecular complexity index is 2010. The Morgan fingerprint density at radius 2 is 1.58 bits per heavy atom. The van der Waals surface area contributed by atoms with Gasteiger partial charge >= 0.3 is 0 Å². The summed E-state index contributed by atoms with van der Waals surface area (Å²) in [4.78, 5) is 20.7. The average molecular weight is 705 g/mol. The molecule has 1 amide bonds. The molecule has 6 N–H and O–H groups in total. The summed E-state index contributed by atoms with van der Waals surface area (Å²) in [6, 6.07) is 36.0. The highest BCUT2D eigenvalue weighted by Gasteiger charge is 2.19. The molecule has 5 aromatic carbocycles. The molecule has 0 radical (unpaired) electrons. The van der Waals surface area contributed by atoms with Gasteiger partial charge in [-0.3, -0.25) is 10.2 Å². The van der Waals surface area contributed by atoms with Crippen molar-refractivity contribution < 1.29 is 4.79 Å². The van der Waals surface area contributed by atoms with Crippen molar-refractivity contribution in [2.45, 2.75) is 25.9 Å². The number of rotatable bonds is 11. The van der Waals surface area contributed by atoms with Gasteiger partial charge in [0.25, 0.3) is 0 Å². The van der Waals surface area contributed by atoms with Gasteiger partial charge in [-0.15, -0.1) is 37.2 Å². The molecule has 0 atom stereocenters. The number of nitrogens with one attached hydrogen (secondary N) is 2. The van der Waals surface area contributed by atoms with Crippen LogP contribution < -0.4 is 21.7 Å². The van der Waals surface area contributed by atoms with E-state index in [1.165, 1.54) is 0 Å². The van der Waals surface area contributed by atoms with Crippen LogP contribution in [0.2, 0.25) is 0 Å². The predicted molar refractivity (Wildman–Crippen MR) is 205 cm³/mol. The molecule has 1 heterocycles. The minimum atomic E-state index is -0.0312. The van der Waals surface area contributed by atoms with E-state index in [1.54, 1.807) is 0 Å². The first-order chi connectivity index (χ1) is 21.9. The summed E-state index contributed by atoms with van der Waals surface area (Å²) in [7, 11) is 2.03. The van der Waals surface area contributed by atoms with E-state index in [1.807, 2.05) is 96.9 Å². The van der Waals surface area contributed by atoms with Gasteiger partial charge in [0.1, 0.15) is 11.7 Å². The van der Waals surface area contributed by atoms with Crippen LogP contribution in [0, 0.1) is 5.41 Å². The zero-order chi connectivity index (χ0) is 31.3. The van der Waals surface area contributed by atoms with E-state index in [0.29, 0.717) is 18.8 Å². The Morgan fingerprint density at radius 3 is 2.33 bits per heavy atom. The van der Waals surface area contributed by atoms with Gasteiger partial charge in [0.2, 0.25) is 5.91 Å². The quantitative estimate of drug-likeness (QED) is 0.0659. The van der Waals surface area contributed by atoms with E-state index in [0.717, 1.165) is 68.4 Å². The van der Waals surface area contributed by atoms with Crippen molar-refractivity contribution in [3.05, 3.63) is 137 Å². The molecule has 0 saturated heterocycles.